The summed E-state index contributed by atoms with van der Waals surface area (Å²) in [5, 5.41) is 7.04. The van der Waals surface area contributed by atoms with E-state index in [4.69, 9.17) is 9.26 Å². The molecule has 1 aromatic rings. The molecule has 0 radical (unpaired) electrons. The minimum Gasteiger partial charge on any atom is -0.379 e. The quantitative estimate of drug-likeness (QED) is 0.837. The van der Waals surface area contributed by atoms with Gasteiger partial charge in [-0.05, 0) is 20.8 Å². The lowest BCUT2D eigenvalue weighted by molar-refractivity contribution is -0.00918. The normalized spacial score (nSPS) is 20.3. The molecule has 0 aromatic carbocycles. The molecule has 1 aromatic heterocycles. The highest BCUT2D eigenvalue weighted by Gasteiger charge is 2.30. The van der Waals surface area contributed by atoms with E-state index < -0.39 is 0 Å². The number of piperazine rings is 1. The molecule has 8 heteroatoms. The van der Waals surface area contributed by atoms with E-state index in [-0.39, 0.29) is 11.6 Å². The molecule has 26 heavy (non-hydrogen) atoms. The van der Waals surface area contributed by atoms with Gasteiger partial charge in [0.2, 0.25) is 0 Å². The number of morpholine rings is 1. The largest absolute Gasteiger partial charge is 0.379 e. The molecule has 0 unspecified atom stereocenters. The minimum absolute atomic E-state index is 0.0292. The van der Waals surface area contributed by atoms with E-state index in [1.54, 1.807) is 0 Å². The van der Waals surface area contributed by atoms with Crippen molar-refractivity contribution < 1.29 is 14.1 Å². The van der Waals surface area contributed by atoms with Crippen molar-refractivity contribution in [2.45, 2.75) is 32.9 Å². The fraction of sp³-hybridized carbons (Fsp3) is 0.778. The first-order chi connectivity index (χ1) is 12.4. The van der Waals surface area contributed by atoms with Gasteiger partial charge < -0.3 is 19.5 Å². The predicted octanol–water partition coefficient (Wildman–Crippen LogP) is 0.921. The van der Waals surface area contributed by atoms with Crippen LogP contribution in [0.15, 0.2) is 10.6 Å². The predicted molar refractivity (Wildman–Crippen MR) is 98.0 cm³/mol. The zero-order chi connectivity index (χ0) is 18.6. The third-order valence-electron chi connectivity index (χ3n) is 5.26. The van der Waals surface area contributed by atoms with Crippen molar-refractivity contribution in [1.29, 1.82) is 0 Å². The summed E-state index contributed by atoms with van der Waals surface area (Å²) < 4.78 is 10.7. The van der Waals surface area contributed by atoms with Gasteiger partial charge in [0.25, 0.3) is 0 Å². The average molecular weight is 365 g/mol. The molecule has 1 N–H and O–H groups in total. The van der Waals surface area contributed by atoms with Crippen molar-refractivity contribution in [2.24, 2.45) is 0 Å². The van der Waals surface area contributed by atoms with E-state index in [9.17, 15) is 4.79 Å². The Hall–Kier alpha value is -1.64. The summed E-state index contributed by atoms with van der Waals surface area (Å²) in [6.45, 7) is 14.2. The monoisotopic (exact) mass is 365 g/mol. The second-order valence-corrected chi connectivity index (χ2v) is 7.77. The van der Waals surface area contributed by atoms with E-state index in [1.807, 2.05) is 17.9 Å². The van der Waals surface area contributed by atoms with Crippen LogP contribution in [0.2, 0.25) is 0 Å². The first-order valence-corrected chi connectivity index (χ1v) is 9.44. The maximum Gasteiger partial charge on any atom is 0.317 e. The Morgan fingerprint density at radius 3 is 2.50 bits per heavy atom. The number of nitrogens with zero attached hydrogens (tertiary/aromatic N) is 4. The van der Waals surface area contributed by atoms with Crippen molar-refractivity contribution in [3.05, 3.63) is 17.5 Å². The maximum absolute atomic E-state index is 12.5. The van der Waals surface area contributed by atoms with Crippen LogP contribution in [0.3, 0.4) is 0 Å². The highest BCUT2D eigenvalue weighted by Crippen LogP contribution is 2.15. The Labute approximate surface area is 155 Å². The zero-order valence-electron chi connectivity index (χ0n) is 16.2. The number of aromatic nitrogens is 1. The highest BCUT2D eigenvalue weighted by molar-refractivity contribution is 5.74. The molecule has 146 valence electrons. The second-order valence-electron chi connectivity index (χ2n) is 7.77. The SMILES string of the molecule is Cc1cc(CN2CCN(C(=O)NCC(C)(C)N3CCOCC3)CC2)on1. The van der Waals surface area contributed by atoms with Crippen molar-refractivity contribution in [1.82, 2.24) is 25.2 Å². The number of ether oxygens (including phenoxy) is 1. The van der Waals surface area contributed by atoms with Gasteiger partial charge in [-0.3, -0.25) is 9.80 Å². The van der Waals surface area contributed by atoms with Crippen LogP contribution in [0.4, 0.5) is 4.79 Å². The van der Waals surface area contributed by atoms with Crippen molar-refractivity contribution in [3.63, 3.8) is 0 Å². The van der Waals surface area contributed by atoms with Gasteiger partial charge in [-0.15, -0.1) is 0 Å². The molecule has 3 rings (SSSR count). The van der Waals surface area contributed by atoms with E-state index in [0.29, 0.717) is 6.54 Å². The number of urea groups is 1. The van der Waals surface area contributed by atoms with Crippen LogP contribution in [-0.2, 0) is 11.3 Å². The van der Waals surface area contributed by atoms with Crippen LogP contribution in [0.1, 0.15) is 25.3 Å². The number of rotatable bonds is 5. The first-order valence-electron chi connectivity index (χ1n) is 9.44. The molecule has 8 nitrogen and oxygen atoms in total. The number of hydrogen-bond acceptors (Lipinski definition) is 6. The molecule has 2 amide bonds. The molecule has 3 heterocycles. The third-order valence-corrected chi connectivity index (χ3v) is 5.26. The topological polar surface area (TPSA) is 74.1 Å². The van der Waals surface area contributed by atoms with Crippen LogP contribution in [0.25, 0.3) is 0 Å². The van der Waals surface area contributed by atoms with Crippen LogP contribution in [0, 0.1) is 6.92 Å². The molecular weight excluding hydrogens is 334 g/mol. The minimum atomic E-state index is -0.0641. The molecule has 2 fully saturated rings. The molecule has 0 aliphatic carbocycles. The second kappa shape index (κ2) is 8.37. The van der Waals surface area contributed by atoms with Gasteiger partial charge in [-0.1, -0.05) is 5.16 Å². The van der Waals surface area contributed by atoms with Gasteiger partial charge in [0, 0.05) is 57.4 Å². The van der Waals surface area contributed by atoms with Gasteiger partial charge in [-0.25, -0.2) is 4.79 Å². The van der Waals surface area contributed by atoms with Crippen LogP contribution >= 0.6 is 0 Å². The van der Waals surface area contributed by atoms with E-state index in [1.165, 1.54) is 0 Å². The number of carbonyl (C=O) groups is 1. The molecule has 0 spiro atoms. The number of amides is 2. The number of hydrogen-bond donors (Lipinski definition) is 1. The zero-order valence-corrected chi connectivity index (χ0v) is 16.2. The van der Waals surface area contributed by atoms with Crippen molar-refractivity contribution in [3.8, 4) is 0 Å². The van der Waals surface area contributed by atoms with Crippen LogP contribution in [-0.4, -0.2) is 90.5 Å². The van der Waals surface area contributed by atoms with Gasteiger partial charge >= 0.3 is 6.03 Å². The Balaban J connectivity index is 1.40. The fourth-order valence-electron chi connectivity index (χ4n) is 3.50. The van der Waals surface area contributed by atoms with Gasteiger partial charge in [0.05, 0.1) is 25.5 Å². The number of aryl methyl sites for hydroxylation is 1. The third kappa shape index (κ3) is 4.96. The van der Waals surface area contributed by atoms with Crippen molar-refractivity contribution >= 4 is 6.03 Å². The summed E-state index contributed by atoms with van der Waals surface area (Å²) >= 11 is 0. The van der Waals surface area contributed by atoms with Gasteiger partial charge in [0.1, 0.15) is 0 Å². The van der Waals surface area contributed by atoms with E-state index in [2.05, 4.69) is 34.1 Å². The summed E-state index contributed by atoms with van der Waals surface area (Å²) in [6, 6.07) is 1.99. The van der Waals surface area contributed by atoms with E-state index in [0.717, 1.165) is 70.5 Å². The Morgan fingerprint density at radius 2 is 1.88 bits per heavy atom. The Morgan fingerprint density at radius 1 is 1.19 bits per heavy atom. The summed E-state index contributed by atoms with van der Waals surface area (Å²) in [5.41, 5.74) is 0.840. The summed E-state index contributed by atoms with van der Waals surface area (Å²) in [5.74, 6) is 0.882. The Bertz CT molecular complexity index is 589. The Kier molecular flexibility index (Phi) is 6.16. The van der Waals surface area contributed by atoms with Gasteiger partial charge in [0.15, 0.2) is 5.76 Å². The summed E-state index contributed by atoms with van der Waals surface area (Å²) in [6.07, 6.45) is 0. The molecule has 2 aliphatic heterocycles. The maximum atomic E-state index is 12.5. The molecule has 0 bridgehead atoms. The van der Waals surface area contributed by atoms with Crippen LogP contribution < -0.4 is 5.32 Å². The lowest BCUT2D eigenvalue weighted by Gasteiger charge is -2.41. The number of carbonyl (C=O) groups excluding carboxylic acids is 1. The van der Waals surface area contributed by atoms with Crippen LogP contribution in [0.5, 0.6) is 0 Å². The molecular formula is C18H31N5O3. The lowest BCUT2D eigenvalue weighted by Crippen LogP contribution is -2.58. The molecule has 0 saturated carbocycles. The smallest absolute Gasteiger partial charge is 0.317 e. The average Bonchev–Trinajstić information content (AvgIpc) is 3.06. The molecule has 0 atom stereocenters. The van der Waals surface area contributed by atoms with Crippen molar-refractivity contribution in [2.75, 3.05) is 59.0 Å². The first kappa shape index (κ1) is 19.1. The summed E-state index contributed by atoms with van der Waals surface area (Å²) in [7, 11) is 0. The van der Waals surface area contributed by atoms with Gasteiger partial charge in [-0.2, -0.15) is 0 Å². The fourth-order valence-corrected chi connectivity index (χ4v) is 3.50. The lowest BCUT2D eigenvalue weighted by atomic mass is 10.0. The summed E-state index contributed by atoms with van der Waals surface area (Å²) in [4.78, 5) is 19.1. The molecule has 2 aliphatic rings. The highest BCUT2D eigenvalue weighted by atomic mass is 16.5. The molecule has 2 saturated heterocycles. The standard InChI is InChI=1S/C18H31N5O3/c1-15-12-16(26-20-15)13-21-4-6-22(7-5-21)17(24)19-14-18(2,3)23-8-10-25-11-9-23/h12H,4-11,13-14H2,1-3H3,(H,19,24). The van der Waals surface area contributed by atoms with E-state index >= 15 is 0 Å². The number of nitrogens with one attached hydrogen (secondary N) is 1.